The fourth-order valence-corrected chi connectivity index (χ4v) is 3.37. The molecule has 0 saturated heterocycles. The lowest BCUT2D eigenvalue weighted by Gasteiger charge is -2.15. The molecule has 1 heterocycles. The van der Waals surface area contributed by atoms with Crippen molar-refractivity contribution in [2.75, 3.05) is 5.32 Å². The van der Waals surface area contributed by atoms with Crippen LogP contribution in [0.5, 0.6) is 0 Å². The van der Waals surface area contributed by atoms with Gasteiger partial charge in [0.1, 0.15) is 0 Å². The van der Waals surface area contributed by atoms with Gasteiger partial charge in [-0.2, -0.15) is 5.10 Å². The number of ether oxygens (including phenoxy) is 1. The summed E-state index contributed by atoms with van der Waals surface area (Å²) < 4.78 is 7.31. The van der Waals surface area contributed by atoms with Crippen LogP contribution < -0.4 is 5.32 Å². The third-order valence-electron chi connectivity index (χ3n) is 5.24. The van der Waals surface area contributed by atoms with E-state index in [0.717, 1.165) is 22.5 Å². The van der Waals surface area contributed by atoms with Crippen molar-refractivity contribution >= 4 is 23.6 Å². The number of para-hydroxylation sites is 1. The summed E-state index contributed by atoms with van der Waals surface area (Å²) in [6.45, 7) is 8.40. The lowest BCUT2D eigenvalue weighted by atomic mass is 10.1. The zero-order chi connectivity index (χ0) is 23.1. The highest BCUT2D eigenvalue weighted by Crippen LogP contribution is 2.17. The number of aryl methyl sites for hydroxylation is 2. The number of carbonyl (C=O) groups excluding carboxylic acids is 2. The Morgan fingerprint density at radius 1 is 1.06 bits per heavy atom. The molecule has 0 aliphatic carbocycles. The van der Waals surface area contributed by atoms with E-state index >= 15 is 0 Å². The summed E-state index contributed by atoms with van der Waals surface area (Å²) in [6.07, 6.45) is 2.57. The standard InChI is InChI=1S/C26H29N3O3/c1-5-24(26(31)27-22-9-7-6-8-10-22)32-25(30)16-15-23-19(3)28-29(20(23)4)17-21-13-11-18(2)12-14-21/h6-16,24H,5,17H2,1-4H3,(H,27,31)/b16-15+. The van der Waals surface area contributed by atoms with Crippen molar-refractivity contribution < 1.29 is 14.3 Å². The number of anilines is 1. The Hall–Kier alpha value is -3.67. The molecular weight excluding hydrogens is 402 g/mol. The van der Waals surface area contributed by atoms with Crippen LogP contribution in [0.4, 0.5) is 5.69 Å². The maximum absolute atomic E-state index is 12.4. The Bertz CT molecular complexity index is 1100. The molecular formula is C26H29N3O3. The van der Waals surface area contributed by atoms with Gasteiger partial charge in [-0.25, -0.2) is 4.79 Å². The van der Waals surface area contributed by atoms with Crippen molar-refractivity contribution in [3.63, 3.8) is 0 Å². The molecule has 0 aliphatic rings. The highest BCUT2D eigenvalue weighted by atomic mass is 16.5. The number of rotatable bonds is 8. The molecule has 6 heteroatoms. The first-order valence-corrected chi connectivity index (χ1v) is 10.7. The van der Waals surface area contributed by atoms with E-state index in [1.54, 1.807) is 25.1 Å². The Labute approximate surface area is 188 Å². The van der Waals surface area contributed by atoms with E-state index < -0.39 is 12.1 Å². The van der Waals surface area contributed by atoms with Crippen LogP contribution in [0.15, 0.2) is 60.7 Å². The predicted octanol–water partition coefficient (Wildman–Crippen LogP) is 4.83. The highest BCUT2D eigenvalue weighted by molar-refractivity contribution is 5.96. The van der Waals surface area contributed by atoms with Gasteiger partial charge in [0.25, 0.3) is 5.91 Å². The zero-order valence-corrected chi connectivity index (χ0v) is 19.0. The molecule has 6 nitrogen and oxygen atoms in total. The van der Waals surface area contributed by atoms with Crippen LogP contribution in [0.25, 0.3) is 6.08 Å². The van der Waals surface area contributed by atoms with Crippen LogP contribution >= 0.6 is 0 Å². The summed E-state index contributed by atoms with van der Waals surface area (Å²) in [5.41, 5.74) is 5.69. The van der Waals surface area contributed by atoms with Crippen molar-refractivity contribution in [2.45, 2.75) is 46.8 Å². The Kier molecular flexibility index (Phi) is 7.60. The number of nitrogens with one attached hydrogen (secondary N) is 1. The molecule has 1 unspecified atom stereocenters. The Morgan fingerprint density at radius 2 is 1.75 bits per heavy atom. The van der Waals surface area contributed by atoms with E-state index in [4.69, 9.17) is 4.74 Å². The van der Waals surface area contributed by atoms with Gasteiger partial charge in [-0.1, -0.05) is 55.0 Å². The second-order valence-electron chi connectivity index (χ2n) is 7.75. The molecule has 32 heavy (non-hydrogen) atoms. The second-order valence-corrected chi connectivity index (χ2v) is 7.75. The molecule has 1 aromatic heterocycles. The largest absolute Gasteiger partial charge is 0.449 e. The van der Waals surface area contributed by atoms with Crippen LogP contribution in [-0.2, 0) is 20.9 Å². The van der Waals surface area contributed by atoms with E-state index in [1.807, 2.05) is 36.7 Å². The fourth-order valence-electron chi connectivity index (χ4n) is 3.37. The first-order chi connectivity index (χ1) is 15.4. The molecule has 0 fully saturated rings. The average molecular weight is 432 g/mol. The summed E-state index contributed by atoms with van der Waals surface area (Å²) in [7, 11) is 0. The molecule has 0 spiro atoms. The van der Waals surface area contributed by atoms with Crippen LogP contribution in [0.2, 0.25) is 0 Å². The zero-order valence-electron chi connectivity index (χ0n) is 19.0. The van der Waals surface area contributed by atoms with Crippen LogP contribution in [0, 0.1) is 20.8 Å². The summed E-state index contributed by atoms with van der Waals surface area (Å²) in [5.74, 6) is -0.913. The number of esters is 1. The fraction of sp³-hybridized carbons (Fsp3) is 0.269. The minimum atomic E-state index is -0.862. The molecule has 1 amide bonds. The molecule has 1 N–H and O–H groups in total. The highest BCUT2D eigenvalue weighted by Gasteiger charge is 2.20. The number of hydrogen-bond donors (Lipinski definition) is 1. The van der Waals surface area contributed by atoms with Crippen LogP contribution in [-0.4, -0.2) is 27.8 Å². The van der Waals surface area contributed by atoms with Gasteiger partial charge in [0.2, 0.25) is 0 Å². The second kappa shape index (κ2) is 10.6. The monoisotopic (exact) mass is 431 g/mol. The molecule has 2 aromatic carbocycles. The minimum absolute atomic E-state index is 0.348. The van der Waals surface area contributed by atoms with Gasteiger partial charge in [-0.3, -0.25) is 9.48 Å². The van der Waals surface area contributed by atoms with Crippen LogP contribution in [0.1, 0.15) is 41.4 Å². The topological polar surface area (TPSA) is 73.2 Å². The van der Waals surface area contributed by atoms with Gasteiger partial charge in [0, 0.05) is 23.0 Å². The SMILES string of the molecule is CCC(OC(=O)/C=C/c1c(C)nn(Cc2ccc(C)cc2)c1C)C(=O)Nc1ccccc1. The van der Waals surface area contributed by atoms with E-state index in [9.17, 15) is 9.59 Å². The number of benzene rings is 2. The van der Waals surface area contributed by atoms with E-state index in [2.05, 4.69) is 41.6 Å². The van der Waals surface area contributed by atoms with Crippen molar-refractivity contribution in [3.05, 3.63) is 88.8 Å². The average Bonchev–Trinajstić information content (AvgIpc) is 3.05. The van der Waals surface area contributed by atoms with Gasteiger partial charge in [0.05, 0.1) is 12.2 Å². The molecule has 0 bridgehead atoms. The summed E-state index contributed by atoms with van der Waals surface area (Å²) in [5, 5.41) is 7.37. The molecule has 0 radical (unpaired) electrons. The first-order valence-electron chi connectivity index (χ1n) is 10.7. The van der Waals surface area contributed by atoms with E-state index in [0.29, 0.717) is 18.7 Å². The molecule has 1 atom stereocenters. The quantitative estimate of drug-likeness (QED) is 0.410. The number of carbonyl (C=O) groups is 2. The first kappa shape index (κ1) is 23.0. The predicted molar refractivity (Wildman–Crippen MR) is 126 cm³/mol. The van der Waals surface area contributed by atoms with Crippen molar-refractivity contribution in [2.24, 2.45) is 0 Å². The van der Waals surface area contributed by atoms with Crippen molar-refractivity contribution in [3.8, 4) is 0 Å². The van der Waals surface area contributed by atoms with Gasteiger partial charge in [0.15, 0.2) is 6.10 Å². The third-order valence-corrected chi connectivity index (χ3v) is 5.24. The molecule has 3 aromatic rings. The van der Waals surface area contributed by atoms with Crippen molar-refractivity contribution in [1.82, 2.24) is 9.78 Å². The number of amides is 1. The lowest BCUT2D eigenvalue weighted by Crippen LogP contribution is -2.31. The van der Waals surface area contributed by atoms with Gasteiger partial charge >= 0.3 is 5.97 Å². The minimum Gasteiger partial charge on any atom is -0.449 e. The molecule has 0 aliphatic heterocycles. The van der Waals surface area contributed by atoms with Gasteiger partial charge < -0.3 is 10.1 Å². The summed E-state index contributed by atoms with van der Waals surface area (Å²) in [4.78, 5) is 24.8. The third kappa shape index (κ3) is 5.94. The number of hydrogen-bond acceptors (Lipinski definition) is 4. The molecule has 166 valence electrons. The maximum Gasteiger partial charge on any atom is 0.331 e. The lowest BCUT2D eigenvalue weighted by molar-refractivity contribution is -0.149. The Morgan fingerprint density at radius 3 is 2.41 bits per heavy atom. The molecule has 3 rings (SSSR count). The van der Waals surface area contributed by atoms with Gasteiger partial charge in [-0.05, 0) is 51.0 Å². The smallest absolute Gasteiger partial charge is 0.331 e. The van der Waals surface area contributed by atoms with E-state index in [1.165, 1.54) is 11.6 Å². The summed E-state index contributed by atoms with van der Waals surface area (Å²) >= 11 is 0. The van der Waals surface area contributed by atoms with Crippen molar-refractivity contribution in [1.29, 1.82) is 0 Å². The Balaban J connectivity index is 1.64. The van der Waals surface area contributed by atoms with Crippen LogP contribution in [0.3, 0.4) is 0 Å². The number of nitrogens with zero attached hydrogens (tertiary/aromatic N) is 2. The van der Waals surface area contributed by atoms with Gasteiger partial charge in [-0.15, -0.1) is 0 Å². The molecule has 0 saturated carbocycles. The van der Waals surface area contributed by atoms with E-state index in [-0.39, 0.29) is 5.91 Å². The maximum atomic E-state index is 12.4. The number of aromatic nitrogens is 2. The normalized spacial score (nSPS) is 12.0. The summed E-state index contributed by atoms with van der Waals surface area (Å²) in [6, 6.07) is 17.4.